The number of rotatable bonds is 4. The summed E-state index contributed by atoms with van der Waals surface area (Å²) in [6.45, 7) is 11.0. The van der Waals surface area contributed by atoms with E-state index in [-0.39, 0.29) is 11.5 Å². The van der Waals surface area contributed by atoms with E-state index in [1.807, 2.05) is 43.7 Å². The maximum atomic E-state index is 9.92. The van der Waals surface area contributed by atoms with Crippen LogP contribution >= 0.6 is 0 Å². The molecule has 0 aliphatic rings. The summed E-state index contributed by atoms with van der Waals surface area (Å²) in [4.78, 5) is 4.39. The van der Waals surface area contributed by atoms with Crippen molar-refractivity contribution in [3.63, 3.8) is 0 Å². The van der Waals surface area contributed by atoms with Crippen molar-refractivity contribution < 1.29 is 4.43 Å². The van der Waals surface area contributed by atoms with E-state index >= 15 is 0 Å². The zero-order chi connectivity index (χ0) is 19.8. The van der Waals surface area contributed by atoms with Gasteiger partial charge in [-0.1, -0.05) is 39.0 Å². The quantitative estimate of drug-likeness (QED) is 0.587. The molecule has 27 heavy (non-hydrogen) atoms. The van der Waals surface area contributed by atoms with Crippen molar-refractivity contribution in [2.24, 2.45) is 12.5 Å². The lowest BCUT2D eigenvalue weighted by Crippen LogP contribution is -2.26. The zero-order valence-electron chi connectivity index (χ0n) is 16.9. The summed E-state index contributed by atoms with van der Waals surface area (Å²) in [5.74, 6) is 0. The molecule has 4 nitrogen and oxygen atoms in total. The van der Waals surface area contributed by atoms with Crippen molar-refractivity contribution >= 4 is 19.9 Å². The van der Waals surface area contributed by atoms with Crippen LogP contribution in [0.2, 0.25) is 13.1 Å². The molecule has 0 saturated heterocycles. The average Bonchev–Trinajstić information content (AvgIpc) is 2.91. The fourth-order valence-electron chi connectivity index (χ4n) is 3.67. The normalized spacial score (nSPS) is 13.1. The largest absolute Gasteiger partial charge is 0.413 e. The Hall–Kier alpha value is -2.42. The molecule has 0 saturated carbocycles. The van der Waals surface area contributed by atoms with E-state index in [4.69, 9.17) is 4.43 Å². The second kappa shape index (κ2) is 7.30. The molecule has 3 aromatic rings. The van der Waals surface area contributed by atoms with Crippen molar-refractivity contribution in [2.45, 2.75) is 40.0 Å². The molecule has 0 aliphatic heterocycles. The van der Waals surface area contributed by atoms with Gasteiger partial charge in [-0.3, -0.25) is 4.98 Å². The number of pyridine rings is 1. The zero-order valence-corrected chi connectivity index (χ0v) is 18.1. The van der Waals surface area contributed by atoms with Gasteiger partial charge in [-0.2, -0.15) is 5.26 Å². The molecule has 5 heteroatoms. The van der Waals surface area contributed by atoms with Gasteiger partial charge in [-0.15, -0.1) is 0 Å². The van der Waals surface area contributed by atoms with Gasteiger partial charge in [0, 0.05) is 35.9 Å². The number of nitrogens with zero attached hydrogens (tertiary/aromatic N) is 3. The van der Waals surface area contributed by atoms with Gasteiger partial charge in [-0.05, 0) is 36.2 Å². The Morgan fingerprint density at radius 3 is 2.52 bits per heavy atom. The van der Waals surface area contributed by atoms with Crippen molar-refractivity contribution in [2.75, 3.05) is 0 Å². The number of hydrogen-bond acceptors (Lipinski definition) is 3. The number of para-hydroxylation sites is 1. The Morgan fingerprint density at radius 1 is 1.19 bits per heavy atom. The number of benzene rings is 1. The number of fused-ring (bicyclic) bond motifs is 1. The first-order chi connectivity index (χ1) is 12.8. The minimum Gasteiger partial charge on any atom is -0.413 e. The van der Waals surface area contributed by atoms with Crippen LogP contribution in [0.25, 0.3) is 22.2 Å². The summed E-state index contributed by atoms with van der Waals surface area (Å²) >= 11 is 0. The summed E-state index contributed by atoms with van der Waals surface area (Å²) in [6.07, 6.45) is 3.64. The first kappa shape index (κ1) is 19.3. The van der Waals surface area contributed by atoms with E-state index in [0.717, 1.165) is 27.7 Å². The highest BCUT2D eigenvalue weighted by atomic mass is 28.3. The molecule has 0 radical (unpaired) electrons. The highest BCUT2D eigenvalue weighted by molar-refractivity contribution is 6.48. The SMILES string of the molecule is Cn1c(-c2cnccc2C(O[SiH](C)C)C(C)(C)C)c(C#N)c2ccccc21. The molecule has 0 fully saturated rings. The van der Waals surface area contributed by atoms with E-state index in [1.54, 1.807) is 0 Å². The fraction of sp³-hybridized carbons (Fsp3) is 0.364. The summed E-state index contributed by atoms with van der Waals surface area (Å²) in [7, 11) is 0.748. The van der Waals surface area contributed by atoms with Crippen molar-refractivity contribution in [3.8, 4) is 17.3 Å². The number of aromatic nitrogens is 2. The van der Waals surface area contributed by atoms with Gasteiger partial charge in [0.25, 0.3) is 0 Å². The first-order valence-corrected chi connectivity index (χ1v) is 12.1. The van der Waals surface area contributed by atoms with Crippen molar-refractivity contribution in [3.05, 3.63) is 53.9 Å². The molecular weight excluding hydrogens is 350 g/mol. The Morgan fingerprint density at radius 2 is 1.89 bits per heavy atom. The molecular formula is C22H27N3OSi. The van der Waals surface area contributed by atoms with Crippen LogP contribution in [0.3, 0.4) is 0 Å². The second-order valence-corrected chi connectivity index (χ2v) is 10.7. The van der Waals surface area contributed by atoms with E-state index in [1.165, 1.54) is 0 Å². The lowest BCUT2D eigenvalue weighted by atomic mass is 9.83. The van der Waals surface area contributed by atoms with Crippen LogP contribution in [-0.4, -0.2) is 18.6 Å². The van der Waals surface area contributed by atoms with Gasteiger partial charge in [0.05, 0.1) is 17.4 Å². The minimum atomic E-state index is -1.27. The first-order valence-electron chi connectivity index (χ1n) is 9.33. The van der Waals surface area contributed by atoms with Crippen molar-refractivity contribution in [1.29, 1.82) is 5.26 Å². The van der Waals surface area contributed by atoms with Crippen LogP contribution in [0.5, 0.6) is 0 Å². The topological polar surface area (TPSA) is 50.8 Å². The molecule has 2 aromatic heterocycles. The third-order valence-electron chi connectivity index (χ3n) is 4.81. The lowest BCUT2D eigenvalue weighted by molar-refractivity contribution is 0.0870. The van der Waals surface area contributed by atoms with E-state index in [2.05, 4.69) is 55.6 Å². The van der Waals surface area contributed by atoms with Gasteiger partial charge in [0.2, 0.25) is 0 Å². The van der Waals surface area contributed by atoms with Crippen LogP contribution in [0.15, 0.2) is 42.7 Å². The molecule has 3 rings (SSSR count). The Kier molecular flexibility index (Phi) is 5.23. The van der Waals surface area contributed by atoms with Crippen molar-refractivity contribution in [1.82, 2.24) is 9.55 Å². The van der Waals surface area contributed by atoms with Gasteiger partial charge in [-0.25, -0.2) is 0 Å². The van der Waals surface area contributed by atoms with Crippen LogP contribution in [0.1, 0.15) is 38.0 Å². The van der Waals surface area contributed by atoms with Gasteiger partial charge >= 0.3 is 0 Å². The van der Waals surface area contributed by atoms with Crippen LogP contribution < -0.4 is 0 Å². The van der Waals surface area contributed by atoms with Crippen LogP contribution in [0, 0.1) is 16.7 Å². The second-order valence-electron chi connectivity index (χ2n) is 8.31. The monoisotopic (exact) mass is 377 g/mol. The highest BCUT2D eigenvalue weighted by Crippen LogP contribution is 2.42. The number of hydrogen-bond donors (Lipinski definition) is 0. The summed E-state index contributed by atoms with van der Waals surface area (Å²) in [6, 6.07) is 12.5. The number of aryl methyl sites for hydroxylation is 1. The van der Waals surface area contributed by atoms with E-state index in [9.17, 15) is 5.26 Å². The smallest absolute Gasteiger partial charge is 0.171 e. The maximum Gasteiger partial charge on any atom is 0.171 e. The fourth-order valence-corrected chi connectivity index (χ4v) is 4.77. The van der Waals surface area contributed by atoms with E-state index < -0.39 is 9.04 Å². The van der Waals surface area contributed by atoms with E-state index in [0.29, 0.717) is 5.56 Å². The Bertz CT molecular complexity index is 1010. The van der Waals surface area contributed by atoms with Gasteiger partial charge in [0.15, 0.2) is 9.04 Å². The number of nitriles is 1. The Balaban J connectivity index is 2.31. The maximum absolute atomic E-state index is 9.92. The molecule has 1 atom stereocenters. The molecule has 0 spiro atoms. The third-order valence-corrected chi connectivity index (χ3v) is 5.62. The minimum absolute atomic E-state index is 0.0493. The molecule has 0 N–H and O–H groups in total. The summed E-state index contributed by atoms with van der Waals surface area (Å²) in [5.41, 5.74) is 4.65. The molecule has 0 bridgehead atoms. The molecule has 1 unspecified atom stereocenters. The average molecular weight is 378 g/mol. The molecule has 1 aromatic carbocycles. The molecule has 0 amide bonds. The Labute approximate surface area is 163 Å². The lowest BCUT2D eigenvalue weighted by Gasteiger charge is -2.34. The van der Waals surface area contributed by atoms with Crippen LogP contribution in [-0.2, 0) is 11.5 Å². The highest BCUT2D eigenvalue weighted by Gasteiger charge is 2.31. The predicted molar refractivity (Wildman–Crippen MR) is 113 cm³/mol. The molecule has 140 valence electrons. The van der Waals surface area contributed by atoms with Gasteiger partial charge < -0.3 is 8.99 Å². The van der Waals surface area contributed by atoms with Crippen LogP contribution in [0.4, 0.5) is 0 Å². The predicted octanol–water partition coefficient (Wildman–Crippen LogP) is 5.20. The molecule has 2 heterocycles. The third kappa shape index (κ3) is 3.55. The van der Waals surface area contributed by atoms with Gasteiger partial charge in [0.1, 0.15) is 6.07 Å². The summed E-state index contributed by atoms with van der Waals surface area (Å²) < 4.78 is 8.57. The summed E-state index contributed by atoms with van der Waals surface area (Å²) in [5, 5.41) is 10.9. The molecule has 0 aliphatic carbocycles. The standard InChI is InChI=1S/C22H27N3OSi/c1-22(2,3)21(26-27(5)6)16-11-12-24-14-18(16)20-17(13-23)15-9-7-8-10-19(15)25(20)4/h7-12,14,21,27H,1-6H3.